The highest BCUT2D eigenvalue weighted by molar-refractivity contribution is 6.07. The van der Waals surface area contributed by atoms with Crippen LogP contribution in [-0.4, -0.2) is 19.0 Å². The molecule has 1 N–H and O–H groups in total. The summed E-state index contributed by atoms with van der Waals surface area (Å²) in [4.78, 5) is 22.3. The predicted molar refractivity (Wildman–Crippen MR) is 80.3 cm³/mol. The van der Waals surface area contributed by atoms with Crippen molar-refractivity contribution in [2.75, 3.05) is 12.4 Å². The van der Waals surface area contributed by atoms with E-state index in [1.165, 1.54) is 7.11 Å². The molecule has 1 amide bonds. The number of methoxy groups -OCH3 is 1. The molecule has 0 aliphatic heterocycles. The van der Waals surface area contributed by atoms with Crippen LogP contribution in [0.2, 0.25) is 0 Å². The summed E-state index contributed by atoms with van der Waals surface area (Å²) in [5.74, 6) is 2.91. The second-order valence-electron chi connectivity index (χ2n) is 4.14. The van der Waals surface area contributed by atoms with Crippen molar-refractivity contribution in [1.82, 2.24) is 0 Å². The highest BCUT2D eigenvalue weighted by atomic mass is 16.5. The number of rotatable bonds is 2. The van der Waals surface area contributed by atoms with Crippen molar-refractivity contribution in [3.63, 3.8) is 0 Å². The van der Waals surface area contributed by atoms with Crippen molar-refractivity contribution < 1.29 is 14.3 Å². The molecule has 21 heavy (non-hydrogen) atoms. The first-order chi connectivity index (χ1) is 10.2. The molecule has 4 heteroatoms. The molecule has 104 valence electrons. The average Bonchev–Trinajstić information content (AvgIpc) is 2.54. The van der Waals surface area contributed by atoms with Crippen LogP contribution in [0.4, 0.5) is 5.69 Å². The Bertz CT molecular complexity index is 694. The predicted octanol–water partition coefficient (Wildman–Crippen LogP) is 2.47. The third kappa shape index (κ3) is 4.22. The van der Waals surface area contributed by atoms with E-state index in [-0.39, 0.29) is 0 Å². The van der Waals surface area contributed by atoms with Crippen molar-refractivity contribution in [2.45, 2.75) is 0 Å². The van der Waals surface area contributed by atoms with Crippen LogP contribution >= 0.6 is 0 Å². The summed E-state index contributed by atoms with van der Waals surface area (Å²) in [5.41, 5.74) is 2.76. The summed E-state index contributed by atoms with van der Waals surface area (Å²) in [5, 5.41) is 2.58. The van der Waals surface area contributed by atoms with Crippen molar-refractivity contribution in [3.05, 3.63) is 54.6 Å². The summed E-state index contributed by atoms with van der Waals surface area (Å²) in [7, 11) is 1.21. The Morgan fingerprint density at radius 1 is 0.905 bits per heavy atom. The van der Waals surface area contributed by atoms with E-state index in [1.54, 1.807) is 12.1 Å². The first kappa shape index (κ1) is 14.4. The smallest absolute Gasteiger partial charge is 0.384 e. The van der Waals surface area contributed by atoms with Crippen molar-refractivity contribution in [2.24, 2.45) is 0 Å². The fourth-order valence-corrected chi connectivity index (χ4v) is 1.70. The summed E-state index contributed by atoms with van der Waals surface area (Å²) in [6.45, 7) is 0. The van der Waals surface area contributed by atoms with E-state index in [1.807, 2.05) is 42.5 Å². The minimum atomic E-state index is -0.746. The summed E-state index contributed by atoms with van der Waals surface area (Å²) in [6.07, 6.45) is 0. The van der Waals surface area contributed by atoms with E-state index in [4.69, 9.17) is 0 Å². The highest BCUT2D eigenvalue weighted by Gasteiger charge is 2.01. The first-order valence-electron chi connectivity index (χ1n) is 6.25. The number of carbonyl (C=O) groups excluding carboxylic acids is 2. The molecule has 0 fully saturated rings. The number of anilines is 1. The zero-order valence-corrected chi connectivity index (χ0v) is 11.4. The molecular weight excluding hydrogens is 266 g/mol. The lowest BCUT2D eigenvalue weighted by Gasteiger charge is -2.04. The second-order valence-corrected chi connectivity index (χ2v) is 4.14. The quantitative estimate of drug-likeness (QED) is 0.522. The molecule has 0 heterocycles. The zero-order valence-electron chi connectivity index (χ0n) is 11.4. The van der Waals surface area contributed by atoms with E-state index in [0.29, 0.717) is 5.69 Å². The third-order valence-corrected chi connectivity index (χ3v) is 2.71. The van der Waals surface area contributed by atoms with Crippen molar-refractivity contribution in [3.8, 4) is 23.0 Å². The molecule has 2 aromatic carbocycles. The van der Waals surface area contributed by atoms with Gasteiger partial charge in [-0.05, 0) is 23.3 Å². The normalized spacial score (nSPS) is 9.19. The van der Waals surface area contributed by atoms with Gasteiger partial charge in [-0.1, -0.05) is 42.5 Å². The molecule has 0 saturated carbocycles. The van der Waals surface area contributed by atoms with E-state index in [0.717, 1.165) is 11.1 Å². The molecule has 2 rings (SSSR count). The third-order valence-electron chi connectivity index (χ3n) is 2.71. The fraction of sp³-hybridized carbons (Fsp3) is 0.0588. The Morgan fingerprint density at radius 3 is 2.14 bits per heavy atom. The van der Waals surface area contributed by atoms with E-state index in [2.05, 4.69) is 21.9 Å². The largest absolute Gasteiger partial charge is 0.459 e. The molecule has 0 aromatic heterocycles. The minimum absolute atomic E-state index is 0.562. The van der Waals surface area contributed by atoms with Gasteiger partial charge in [0.05, 0.1) is 7.11 Å². The molecule has 0 atom stereocenters. The Morgan fingerprint density at radius 2 is 1.52 bits per heavy atom. The number of hydrogen-bond acceptors (Lipinski definition) is 3. The molecule has 0 unspecified atom stereocenters. The van der Waals surface area contributed by atoms with Gasteiger partial charge in [0.2, 0.25) is 0 Å². The molecule has 0 spiro atoms. The van der Waals surface area contributed by atoms with Crippen LogP contribution in [-0.2, 0) is 14.3 Å². The lowest BCUT2D eigenvalue weighted by atomic mass is 10.1. The minimum Gasteiger partial charge on any atom is -0.459 e. The lowest BCUT2D eigenvalue weighted by molar-refractivity contribution is -0.133. The van der Waals surface area contributed by atoms with Gasteiger partial charge in [0.25, 0.3) is 0 Å². The number of benzene rings is 2. The molecule has 0 aliphatic carbocycles. The average molecular weight is 279 g/mol. The lowest BCUT2D eigenvalue weighted by Crippen LogP contribution is -2.09. The maximum absolute atomic E-state index is 11.5. The van der Waals surface area contributed by atoms with Gasteiger partial charge < -0.3 is 10.1 Å². The van der Waals surface area contributed by atoms with E-state index >= 15 is 0 Å². The molecule has 0 aliphatic rings. The number of carbonyl (C=O) groups is 2. The number of nitrogens with one attached hydrogen (secondary N) is 1. The number of hydrogen-bond donors (Lipinski definition) is 1. The summed E-state index contributed by atoms with van der Waals surface area (Å²) < 4.78 is 4.32. The maximum atomic E-state index is 11.5. The van der Waals surface area contributed by atoms with Crippen molar-refractivity contribution >= 4 is 17.6 Å². The Labute approximate surface area is 122 Å². The van der Waals surface area contributed by atoms with Gasteiger partial charge in [-0.3, -0.25) is 4.79 Å². The molecule has 0 saturated heterocycles. The van der Waals surface area contributed by atoms with Gasteiger partial charge in [-0.15, -0.1) is 0 Å². The van der Waals surface area contributed by atoms with Crippen LogP contribution in [0.15, 0.2) is 54.6 Å². The van der Waals surface area contributed by atoms with Gasteiger partial charge >= 0.3 is 11.9 Å². The summed E-state index contributed by atoms with van der Waals surface area (Å²) in [6, 6.07) is 17.3. The van der Waals surface area contributed by atoms with Gasteiger partial charge in [-0.25, -0.2) is 4.79 Å². The molecular formula is C17H13NO3. The number of amides is 1. The monoisotopic (exact) mass is 279 g/mol. The first-order valence-corrected chi connectivity index (χ1v) is 6.25. The van der Waals surface area contributed by atoms with Crippen LogP contribution in [0.5, 0.6) is 0 Å². The number of esters is 1. The molecule has 2 aromatic rings. The Hall–Kier alpha value is -3.06. The maximum Gasteiger partial charge on any atom is 0.384 e. The van der Waals surface area contributed by atoms with Gasteiger partial charge in [0.1, 0.15) is 0 Å². The molecule has 0 radical (unpaired) electrons. The van der Waals surface area contributed by atoms with Crippen LogP contribution in [0.1, 0.15) is 0 Å². The van der Waals surface area contributed by atoms with Crippen LogP contribution in [0.3, 0.4) is 0 Å². The SMILES string of the molecule is COC(=O)C#CC(=O)Nc1ccc(-c2ccccc2)cc1. The number of ether oxygens (including phenoxy) is 1. The standard InChI is InChI=1S/C17H13NO3/c1-21-17(20)12-11-16(19)18-15-9-7-14(8-10-15)13-5-3-2-4-6-13/h2-10H,1H3,(H,18,19). The van der Waals surface area contributed by atoms with Crippen LogP contribution in [0.25, 0.3) is 11.1 Å². The van der Waals surface area contributed by atoms with Crippen LogP contribution < -0.4 is 5.32 Å². The zero-order chi connectivity index (χ0) is 15.1. The fourth-order valence-electron chi connectivity index (χ4n) is 1.70. The van der Waals surface area contributed by atoms with Crippen molar-refractivity contribution in [1.29, 1.82) is 0 Å². The summed E-state index contributed by atoms with van der Waals surface area (Å²) >= 11 is 0. The van der Waals surface area contributed by atoms with E-state index < -0.39 is 11.9 Å². The molecule has 4 nitrogen and oxygen atoms in total. The van der Waals surface area contributed by atoms with E-state index in [9.17, 15) is 9.59 Å². The van der Waals surface area contributed by atoms with Gasteiger partial charge in [-0.2, -0.15) is 0 Å². The topological polar surface area (TPSA) is 55.4 Å². The van der Waals surface area contributed by atoms with Gasteiger partial charge in [0, 0.05) is 17.5 Å². The Balaban J connectivity index is 2.04. The Kier molecular flexibility index (Phi) is 4.73. The second kappa shape index (κ2) is 6.92. The molecule has 0 bridgehead atoms. The van der Waals surface area contributed by atoms with Crippen LogP contribution in [0, 0.1) is 11.8 Å². The highest BCUT2D eigenvalue weighted by Crippen LogP contribution is 2.20. The van der Waals surface area contributed by atoms with Gasteiger partial charge in [0.15, 0.2) is 0 Å².